The molecule has 162 valence electrons. The van der Waals surface area contributed by atoms with E-state index in [0.29, 0.717) is 11.0 Å². The van der Waals surface area contributed by atoms with E-state index in [4.69, 9.17) is 4.42 Å². The molecule has 2 aromatic heterocycles. The Hall–Kier alpha value is -3.68. The maximum Gasteiger partial charge on any atom is 0.349 e. The molecule has 0 unspecified atom stereocenters. The Morgan fingerprint density at radius 2 is 1.68 bits per heavy atom. The molecule has 2 heterocycles. The van der Waals surface area contributed by atoms with Gasteiger partial charge in [-0.25, -0.2) is 4.79 Å². The second kappa shape index (κ2) is 8.59. The van der Waals surface area contributed by atoms with Crippen molar-refractivity contribution >= 4 is 28.5 Å². The van der Waals surface area contributed by atoms with E-state index in [1.807, 2.05) is 27.7 Å². The number of hydrogen-bond acceptors (Lipinski definition) is 5. The zero-order chi connectivity index (χ0) is 22.9. The molecule has 2 amide bonds. The van der Waals surface area contributed by atoms with Crippen LogP contribution in [0.1, 0.15) is 48.4 Å². The molecule has 8 heteroatoms. The Bertz CT molecular complexity index is 1260. The van der Waals surface area contributed by atoms with Gasteiger partial charge in [-0.2, -0.15) is 0 Å². The molecule has 3 rings (SSSR count). The van der Waals surface area contributed by atoms with Crippen LogP contribution < -0.4 is 16.5 Å². The molecule has 0 spiro atoms. The van der Waals surface area contributed by atoms with Gasteiger partial charge >= 0.3 is 5.63 Å². The predicted octanol–water partition coefficient (Wildman–Crippen LogP) is 3.00. The van der Waals surface area contributed by atoms with Gasteiger partial charge in [0.1, 0.15) is 16.8 Å². The first-order valence-electron chi connectivity index (χ1n) is 9.97. The lowest BCUT2D eigenvalue weighted by atomic mass is 10.1. The van der Waals surface area contributed by atoms with E-state index >= 15 is 0 Å². The van der Waals surface area contributed by atoms with Crippen LogP contribution in [0.15, 0.2) is 56.6 Å². The van der Waals surface area contributed by atoms with Crippen molar-refractivity contribution in [1.82, 2.24) is 9.47 Å². The van der Waals surface area contributed by atoms with Crippen molar-refractivity contribution in [1.29, 1.82) is 0 Å². The van der Waals surface area contributed by atoms with Crippen LogP contribution in [0, 0.1) is 0 Å². The molecule has 0 radical (unpaired) electrons. The number of carbonyl (C=O) groups is 2. The van der Waals surface area contributed by atoms with Gasteiger partial charge in [0, 0.05) is 30.7 Å². The van der Waals surface area contributed by atoms with Crippen LogP contribution in [-0.2, 0) is 7.05 Å². The summed E-state index contributed by atoms with van der Waals surface area (Å²) in [6.45, 7) is 7.62. The quantitative estimate of drug-likeness (QED) is 0.636. The number of benzene rings is 1. The molecule has 0 bridgehead atoms. The van der Waals surface area contributed by atoms with E-state index in [1.165, 1.54) is 29.9 Å². The van der Waals surface area contributed by atoms with Gasteiger partial charge in [-0.05, 0) is 45.9 Å². The van der Waals surface area contributed by atoms with Crippen molar-refractivity contribution in [3.05, 3.63) is 74.5 Å². The van der Waals surface area contributed by atoms with Crippen LogP contribution in [0.25, 0.3) is 11.0 Å². The number of nitrogens with one attached hydrogen (secondary N) is 1. The van der Waals surface area contributed by atoms with Gasteiger partial charge in [-0.15, -0.1) is 0 Å². The highest BCUT2D eigenvalue weighted by molar-refractivity contribution is 6.06. The normalized spacial score (nSPS) is 11.2. The molecular weight excluding hydrogens is 398 g/mol. The maximum absolute atomic E-state index is 13.0. The topological polar surface area (TPSA) is 102 Å². The lowest BCUT2D eigenvalue weighted by molar-refractivity contribution is 0.0642. The zero-order valence-corrected chi connectivity index (χ0v) is 18.1. The first kappa shape index (κ1) is 22.0. The van der Waals surface area contributed by atoms with Gasteiger partial charge in [0.2, 0.25) is 0 Å². The maximum atomic E-state index is 13.0. The lowest BCUT2D eigenvalue weighted by Gasteiger charge is -2.31. The number of pyridine rings is 1. The number of nitrogens with zero attached hydrogens (tertiary/aromatic N) is 2. The molecule has 0 saturated carbocycles. The fraction of sp³-hybridized carbons (Fsp3) is 0.304. The Kier molecular flexibility index (Phi) is 6.10. The van der Waals surface area contributed by atoms with Crippen molar-refractivity contribution in [3.8, 4) is 0 Å². The fourth-order valence-electron chi connectivity index (χ4n) is 3.54. The standard InChI is InChI=1S/C23H25N3O5/c1-13(2)26(14(3)4)21(28)16-11-18(22(29)25(5)12-16)24-20(27)17-10-15-8-6-7-9-19(15)31-23(17)30/h6-14H,1-5H3,(H,24,27). The first-order valence-corrected chi connectivity index (χ1v) is 9.97. The number of para-hydroxylation sites is 1. The average Bonchev–Trinajstić information content (AvgIpc) is 2.69. The van der Waals surface area contributed by atoms with Crippen molar-refractivity contribution in [2.45, 2.75) is 39.8 Å². The summed E-state index contributed by atoms with van der Waals surface area (Å²) in [5, 5.41) is 3.04. The number of hydrogen-bond donors (Lipinski definition) is 1. The molecule has 1 aromatic carbocycles. The molecule has 0 aliphatic rings. The first-order chi connectivity index (χ1) is 14.6. The summed E-state index contributed by atoms with van der Waals surface area (Å²) < 4.78 is 6.42. The molecule has 8 nitrogen and oxygen atoms in total. The molecule has 0 saturated heterocycles. The van der Waals surface area contributed by atoms with Crippen LogP contribution in [0.4, 0.5) is 5.69 Å². The van der Waals surface area contributed by atoms with Gasteiger partial charge in [0.25, 0.3) is 17.4 Å². The molecule has 0 aliphatic heterocycles. The van der Waals surface area contributed by atoms with Crippen molar-refractivity contribution in [3.63, 3.8) is 0 Å². The third-order valence-electron chi connectivity index (χ3n) is 4.91. The summed E-state index contributed by atoms with van der Waals surface area (Å²) in [5.41, 5.74) is -1.04. The number of aryl methyl sites for hydroxylation is 1. The van der Waals surface area contributed by atoms with Crippen molar-refractivity contribution in [2.75, 3.05) is 5.32 Å². The fourth-order valence-corrected chi connectivity index (χ4v) is 3.54. The minimum atomic E-state index is -0.814. The summed E-state index contributed by atoms with van der Waals surface area (Å²) in [5.74, 6) is -1.05. The highest BCUT2D eigenvalue weighted by atomic mass is 16.4. The van der Waals surface area contributed by atoms with E-state index < -0.39 is 17.1 Å². The third-order valence-corrected chi connectivity index (χ3v) is 4.91. The zero-order valence-electron chi connectivity index (χ0n) is 18.1. The van der Waals surface area contributed by atoms with Gasteiger partial charge in [-0.3, -0.25) is 14.4 Å². The van der Waals surface area contributed by atoms with Crippen molar-refractivity contribution < 1.29 is 14.0 Å². The summed E-state index contributed by atoms with van der Waals surface area (Å²) in [6, 6.07) is 9.45. The van der Waals surface area contributed by atoms with E-state index in [0.717, 1.165) is 0 Å². The minimum absolute atomic E-state index is 0.0509. The summed E-state index contributed by atoms with van der Waals surface area (Å²) in [7, 11) is 1.49. The highest BCUT2D eigenvalue weighted by Crippen LogP contribution is 2.16. The Morgan fingerprint density at radius 3 is 2.32 bits per heavy atom. The Balaban J connectivity index is 1.99. The van der Waals surface area contributed by atoms with Crippen LogP contribution in [0.2, 0.25) is 0 Å². The number of aromatic nitrogens is 1. The Labute approximate surface area is 179 Å². The van der Waals surface area contributed by atoms with Gasteiger partial charge in [0.15, 0.2) is 0 Å². The molecular formula is C23H25N3O5. The summed E-state index contributed by atoms with van der Waals surface area (Å²) in [4.78, 5) is 52.3. The van der Waals surface area contributed by atoms with E-state index in [1.54, 1.807) is 29.2 Å². The van der Waals surface area contributed by atoms with Gasteiger partial charge in [0.05, 0.1) is 5.56 Å². The third kappa shape index (κ3) is 4.42. The van der Waals surface area contributed by atoms with Crippen molar-refractivity contribution in [2.24, 2.45) is 7.05 Å². The van der Waals surface area contributed by atoms with E-state index in [9.17, 15) is 19.2 Å². The van der Waals surface area contributed by atoms with Gasteiger partial charge < -0.3 is 19.2 Å². The average molecular weight is 423 g/mol. The number of carbonyl (C=O) groups excluding carboxylic acids is 2. The molecule has 3 aromatic rings. The number of rotatable bonds is 5. The highest BCUT2D eigenvalue weighted by Gasteiger charge is 2.24. The number of anilines is 1. The van der Waals surface area contributed by atoms with Crippen LogP contribution >= 0.6 is 0 Å². The molecule has 31 heavy (non-hydrogen) atoms. The SMILES string of the molecule is CC(C)N(C(=O)c1cc(NC(=O)c2cc3ccccc3oc2=O)c(=O)n(C)c1)C(C)C. The minimum Gasteiger partial charge on any atom is -0.422 e. The van der Waals surface area contributed by atoms with E-state index in [-0.39, 0.29) is 34.8 Å². The van der Waals surface area contributed by atoms with E-state index in [2.05, 4.69) is 5.32 Å². The molecule has 0 atom stereocenters. The second-order valence-electron chi connectivity index (χ2n) is 7.90. The number of amides is 2. The molecule has 0 fully saturated rings. The van der Waals surface area contributed by atoms with Crippen LogP contribution in [0.5, 0.6) is 0 Å². The smallest absolute Gasteiger partial charge is 0.349 e. The van der Waals surface area contributed by atoms with Crippen LogP contribution in [-0.4, -0.2) is 33.4 Å². The predicted molar refractivity (Wildman–Crippen MR) is 119 cm³/mol. The molecule has 0 aliphatic carbocycles. The Morgan fingerprint density at radius 1 is 1.03 bits per heavy atom. The lowest BCUT2D eigenvalue weighted by Crippen LogP contribution is -2.42. The number of fused-ring (bicyclic) bond motifs is 1. The largest absolute Gasteiger partial charge is 0.422 e. The monoisotopic (exact) mass is 423 g/mol. The summed E-state index contributed by atoms with van der Waals surface area (Å²) in [6.07, 6.45) is 1.43. The van der Waals surface area contributed by atoms with Gasteiger partial charge in [-0.1, -0.05) is 18.2 Å². The summed E-state index contributed by atoms with van der Waals surface area (Å²) >= 11 is 0. The molecule has 1 N–H and O–H groups in total. The second-order valence-corrected chi connectivity index (χ2v) is 7.90. The van der Waals surface area contributed by atoms with Crippen LogP contribution in [0.3, 0.4) is 0 Å².